The summed E-state index contributed by atoms with van der Waals surface area (Å²) in [7, 11) is 0. The molecule has 178 valence electrons. The molecule has 2 aliphatic rings. The van der Waals surface area contributed by atoms with E-state index in [4.69, 9.17) is 4.74 Å². The molecule has 35 heavy (non-hydrogen) atoms. The molecule has 1 aliphatic heterocycles. The number of benzene rings is 3. The maximum Gasteiger partial charge on any atom is 0.407 e. The molecule has 0 radical (unpaired) electrons. The summed E-state index contributed by atoms with van der Waals surface area (Å²) in [5.74, 6) is -1.77. The van der Waals surface area contributed by atoms with Crippen LogP contribution in [0.1, 0.15) is 34.6 Å². The van der Waals surface area contributed by atoms with E-state index < -0.39 is 30.4 Å². The second kappa shape index (κ2) is 9.54. The fourth-order valence-electron chi connectivity index (χ4n) is 4.91. The van der Waals surface area contributed by atoms with Gasteiger partial charge in [-0.25, -0.2) is 4.79 Å². The smallest absolute Gasteiger partial charge is 0.407 e. The Morgan fingerprint density at radius 3 is 2.26 bits per heavy atom. The quantitative estimate of drug-likeness (QED) is 0.478. The fourth-order valence-corrected chi connectivity index (χ4v) is 5.45. The number of amides is 2. The molecule has 0 bridgehead atoms. The molecule has 2 N–H and O–H groups in total. The molecule has 3 aromatic rings. The maximum absolute atomic E-state index is 13.2. The van der Waals surface area contributed by atoms with Crippen LogP contribution in [-0.4, -0.2) is 40.6 Å². The fraction of sp³-hybridized carbons (Fsp3) is 0.222. The number of nitrogens with one attached hydrogen (secondary N) is 1. The highest BCUT2D eigenvalue weighted by molar-refractivity contribution is 9.10. The van der Waals surface area contributed by atoms with Crippen LogP contribution in [0.25, 0.3) is 11.1 Å². The van der Waals surface area contributed by atoms with E-state index >= 15 is 0 Å². The topological polar surface area (TPSA) is 95.9 Å². The summed E-state index contributed by atoms with van der Waals surface area (Å²) in [6, 6.07) is 20.5. The van der Waals surface area contributed by atoms with Crippen LogP contribution in [-0.2, 0) is 27.4 Å². The van der Waals surface area contributed by atoms with Crippen molar-refractivity contribution < 1.29 is 24.2 Å². The Balaban J connectivity index is 1.27. The number of fused-ring (bicyclic) bond motifs is 4. The summed E-state index contributed by atoms with van der Waals surface area (Å²) in [5.41, 5.74) is 6.32. The molecule has 0 aromatic heterocycles. The zero-order valence-corrected chi connectivity index (χ0v) is 20.3. The number of aliphatic carboxylic acids is 1. The minimum atomic E-state index is -1.23. The lowest BCUT2D eigenvalue weighted by atomic mass is 9.98. The van der Waals surface area contributed by atoms with E-state index in [1.807, 2.05) is 66.7 Å². The van der Waals surface area contributed by atoms with Crippen molar-refractivity contribution >= 4 is 33.9 Å². The summed E-state index contributed by atoms with van der Waals surface area (Å²) in [5, 5.41) is 11.9. The molecule has 8 heteroatoms. The second-order valence-electron chi connectivity index (χ2n) is 8.69. The SMILES string of the molecule is O=C(O)CC(NC(=O)OCC1c2ccccc2-c2ccccc21)C(=O)N1Cc2cccc(Br)c2C1. The molecule has 5 rings (SSSR count). The third kappa shape index (κ3) is 4.53. The van der Waals surface area contributed by atoms with Crippen LogP contribution in [0.4, 0.5) is 4.79 Å². The number of ether oxygens (including phenoxy) is 1. The average Bonchev–Trinajstić information content (AvgIpc) is 3.42. The Kier molecular flexibility index (Phi) is 6.30. The number of halogens is 1. The van der Waals surface area contributed by atoms with Crippen LogP contribution in [0.3, 0.4) is 0 Å². The highest BCUT2D eigenvalue weighted by Crippen LogP contribution is 2.44. The maximum atomic E-state index is 13.2. The molecule has 7 nitrogen and oxygen atoms in total. The minimum Gasteiger partial charge on any atom is -0.481 e. The van der Waals surface area contributed by atoms with Gasteiger partial charge in [0.05, 0.1) is 6.42 Å². The van der Waals surface area contributed by atoms with E-state index in [0.717, 1.165) is 37.9 Å². The highest BCUT2D eigenvalue weighted by atomic mass is 79.9. The number of nitrogens with zero attached hydrogens (tertiary/aromatic N) is 1. The van der Waals surface area contributed by atoms with Crippen molar-refractivity contribution in [3.8, 4) is 11.1 Å². The normalized spacial score (nSPS) is 14.6. The molecule has 0 saturated carbocycles. The van der Waals surface area contributed by atoms with E-state index in [1.165, 1.54) is 0 Å². The molecule has 3 aromatic carbocycles. The van der Waals surface area contributed by atoms with Crippen molar-refractivity contribution in [2.24, 2.45) is 0 Å². The van der Waals surface area contributed by atoms with Crippen LogP contribution in [0.5, 0.6) is 0 Å². The van der Waals surface area contributed by atoms with E-state index in [2.05, 4.69) is 21.2 Å². The van der Waals surface area contributed by atoms with Gasteiger partial charge in [-0.3, -0.25) is 9.59 Å². The summed E-state index contributed by atoms with van der Waals surface area (Å²) >= 11 is 3.50. The van der Waals surface area contributed by atoms with Crippen molar-refractivity contribution in [1.82, 2.24) is 10.2 Å². The van der Waals surface area contributed by atoms with Crippen LogP contribution in [0.2, 0.25) is 0 Å². The zero-order chi connectivity index (χ0) is 24.5. The van der Waals surface area contributed by atoms with E-state index in [0.29, 0.717) is 13.1 Å². The standard InChI is InChI=1S/C27H23BrN2O5/c28-23-11-5-6-16-13-30(14-21(16)23)26(33)24(12-25(31)32)29-27(34)35-15-22-19-9-3-1-7-17(19)18-8-2-4-10-20(18)22/h1-11,22,24H,12-15H2,(H,29,34)(H,31,32). The number of rotatable bonds is 6. The number of carboxylic acid groups (broad SMARTS) is 1. The predicted octanol–water partition coefficient (Wildman–Crippen LogP) is 4.67. The molecule has 1 atom stereocenters. The molecule has 0 saturated heterocycles. The van der Waals surface area contributed by atoms with Gasteiger partial charge in [0.1, 0.15) is 12.6 Å². The summed E-state index contributed by atoms with van der Waals surface area (Å²) in [4.78, 5) is 38.9. The predicted molar refractivity (Wildman–Crippen MR) is 133 cm³/mol. The lowest BCUT2D eigenvalue weighted by Crippen LogP contribution is -2.48. The molecular weight excluding hydrogens is 512 g/mol. The van der Waals surface area contributed by atoms with Gasteiger partial charge in [-0.1, -0.05) is 76.6 Å². The second-order valence-corrected chi connectivity index (χ2v) is 9.55. The third-order valence-corrected chi connectivity index (χ3v) is 7.29. The van der Waals surface area contributed by atoms with Crippen LogP contribution < -0.4 is 5.32 Å². The van der Waals surface area contributed by atoms with Gasteiger partial charge in [0.25, 0.3) is 0 Å². The molecule has 1 heterocycles. The van der Waals surface area contributed by atoms with Crippen LogP contribution >= 0.6 is 15.9 Å². The Morgan fingerprint density at radius 1 is 0.971 bits per heavy atom. The van der Waals surface area contributed by atoms with E-state index in [9.17, 15) is 19.5 Å². The van der Waals surface area contributed by atoms with E-state index in [-0.39, 0.29) is 12.5 Å². The van der Waals surface area contributed by atoms with Gasteiger partial charge in [0.2, 0.25) is 5.91 Å². The number of carbonyl (C=O) groups is 3. The van der Waals surface area contributed by atoms with E-state index in [1.54, 1.807) is 4.90 Å². The van der Waals surface area contributed by atoms with Gasteiger partial charge in [-0.15, -0.1) is 0 Å². The third-order valence-electron chi connectivity index (χ3n) is 6.55. The lowest BCUT2D eigenvalue weighted by molar-refractivity contribution is -0.142. The summed E-state index contributed by atoms with van der Waals surface area (Å²) in [6.45, 7) is 0.782. The zero-order valence-electron chi connectivity index (χ0n) is 18.7. The van der Waals surface area contributed by atoms with Crippen LogP contribution in [0, 0.1) is 0 Å². The average molecular weight is 535 g/mol. The van der Waals surface area contributed by atoms with Crippen molar-refractivity contribution in [3.05, 3.63) is 93.5 Å². The van der Waals surface area contributed by atoms with Crippen molar-refractivity contribution in [2.45, 2.75) is 31.5 Å². The molecule has 1 unspecified atom stereocenters. The van der Waals surface area contributed by atoms with Gasteiger partial charge in [-0.2, -0.15) is 0 Å². The van der Waals surface area contributed by atoms with Crippen molar-refractivity contribution in [1.29, 1.82) is 0 Å². The summed E-state index contributed by atoms with van der Waals surface area (Å²) < 4.78 is 6.42. The largest absolute Gasteiger partial charge is 0.481 e. The lowest BCUT2D eigenvalue weighted by Gasteiger charge is -2.23. The highest BCUT2D eigenvalue weighted by Gasteiger charge is 2.34. The van der Waals surface area contributed by atoms with Gasteiger partial charge in [0.15, 0.2) is 0 Å². The summed E-state index contributed by atoms with van der Waals surface area (Å²) in [6.07, 6.45) is -1.35. The minimum absolute atomic E-state index is 0.0793. The van der Waals surface area contributed by atoms with Gasteiger partial charge in [0, 0.05) is 23.5 Å². The number of hydrogen-bond acceptors (Lipinski definition) is 4. The molecule has 0 spiro atoms. The Hall–Kier alpha value is -3.65. The monoisotopic (exact) mass is 534 g/mol. The van der Waals surface area contributed by atoms with Crippen molar-refractivity contribution in [3.63, 3.8) is 0 Å². The van der Waals surface area contributed by atoms with Gasteiger partial charge < -0.3 is 20.1 Å². The number of hydrogen-bond donors (Lipinski definition) is 2. The number of alkyl carbamates (subject to hydrolysis) is 1. The molecular formula is C27H23BrN2O5. The number of carboxylic acids is 1. The Morgan fingerprint density at radius 2 is 1.63 bits per heavy atom. The Labute approximate surface area is 210 Å². The first-order valence-electron chi connectivity index (χ1n) is 11.3. The molecule has 2 amide bonds. The Bertz CT molecular complexity index is 1280. The first-order chi connectivity index (χ1) is 16.9. The first kappa shape index (κ1) is 23.1. The van der Waals surface area contributed by atoms with Crippen molar-refractivity contribution in [2.75, 3.05) is 6.61 Å². The van der Waals surface area contributed by atoms with Crippen LogP contribution in [0.15, 0.2) is 71.2 Å². The number of carbonyl (C=O) groups excluding carboxylic acids is 2. The van der Waals surface area contributed by atoms with Gasteiger partial charge in [-0.05, 0) is 39.4 Å². The van der Waals surface area contributed by atoms with Gasteiger partial charge >= 0.3 is 12.1 Å². The first-order valence-corrected chi connectivity index (χ1v) is 12.1. The molecule has 1 aliphatic carbocycles. The molecule has 0 fully saturated rings.